The van der Waals surface area contributed by atoms with E-state index in [1.54, 1.807) is 7.11 Å². The van der Waals surface area contributed by atoms with Gasteiger partial charge in [0, 0.05) is 5.54 Å². The van der Waals surface area contributed by atoms with Crippen LogP contribution in [0.4, 0.5) is 10.5 Å². The second-order valence-corrected chi connectivity index (χ2v) is 6.91. The van der Waals surface area contributed by atoms with Gasteiger partial charge in [-0.3, -0.25) is 5.32 Å². The highest BCUT2D eigenvalue weighted by molar-refractivity contribution is 5.87. The fraction of sp³-hybridized carbons (Fsp3) is 0.588. The molecule has 2 rings (SSSR count). The highest BCUT2D eigenvalue weighted by Crippen LogP contribution is 2.39. The van der Waals surface area contributed by atoms with E-state index < -0.39 is 11.7 Å². The van der Waals surface area contributed by atoms with E-state index in [1.807, 2.05) is 39.0 Å². The molecule has 22 heavy (non-hydrogen) atoms. The second-order valence-electron chi connectivity index (χ2n) is 6.91. The molecule has 0 atom stereocenters. The van der Waals surface area contributed by atoms with Gasteiger partial charge in [0.15, 0.2) is 0 Å². The third kappa shape index (κ3) is 3.91. The van der Waals surface area contributed by atoms with Crippen LogP contribution in [0.5, 0.6) is 5.75 Å². The molecule has 1 fully saturated rings. The molecule has 1 aliphatic carbocycles. The lowest BCUT2D eigenvalue weighted by Crippen LogP contribution is -2.33. The van der Waals surface area contributed by atoms with Crippen molar-refractivity contribution in [3.8, 4) is 5.75 Å². The number of nitrogens with one attached hydrogen (secondary N) is 1. The van der Waals surface area contributed by atoms with Crippen LogP contribution in [-0.4, -0.2) is 18.8 Å². The first kappa shape index (κ1) is 16.6. The van der Waals surface area contributed by atoms with Crippen LogP contribution in [0.15, 0.2) is 18.2 Å². The second kappa shape index (κ2) is 6.16. The summed E-state index contributed by atoms with van der Waals surface area (Å²) in [6.45, 7) is 5.47. The van der Waals surface area contributed by atoms with E-state index >= 15 is 0 Å². The number of methoxy groups -OCH3 is 1. The Balaban J connectivity index is 2.18. The minimum absolute atomic E-state index is 0.280. The Morgan fingerprint density at radius 2 is 1.91 bits per heavy atom. The summed E-state index contributed by atoms with van der Waals surface area (Å²) in [6.07, 6.45) is 3.76. The van der Waals surface area contributed by atoms with E-state index in [4.69, 9.17) is 15.2 Å². The SMILES string of the molecule is COc1cc(C2(N)CCCC2)ccc1NC(=O)OC(C)(C)C. The van der Waals surface area contributed by atoms with Crippen molar-refractivity contribution in [2.24, 2.45) is 5.73 Å². The number of ether oxygens (including phenoxy) is 2. The molecule has 0 bridgehead atoms. The summed E-state index contributed by atoms with van der Waals surface area (Å²) in [6, 6.07) is 5.70. The third-order valence-electron chi connectivity index (χ3n) is 3.91. The smallest absolute Gasteiger partial charge is 0.412 e. The maximum atomic E-state index is 11.9. The quantitative estimate of drug-likeness (QED) is 0.891. The number of anilines is 1. The summed E-state index contributed by atoms with van der Waals surface area (Å²) in [5.41, 5.74) is 7.29. The molecule has 1 aromatic carbocycles. The monoisotopic (exact) mass is 306 g/mol. The van der Waals surface area contributed by atoms with E-state index in [0.29, 0.717) is 11.4 Å². The Morgan fingerprint density at radius 3 is 2.45 bits per heavy atom. The highest BCUT2D eigenvalue weighted by atomic mass is 16.6. The van der Waals surface area contributed by atoms with Gasteiger partial charge in [0.25, 0.3) is 0 Å². The number of hydrogen-bond acceptors (Lipinski definition) is 4. The van der Waals surface area contributed by atoms with E-state index in [0.717, 1.165) is 31.2 Å². The van der Waals surface area contributed by atoms with Crippen LogP contribution in [-0.2, 0) is 10.3 Å². The molecule has 0 heterocycles. The van der Waals surface area contributed by atoms with Crippen LogP contribution in [0, 0.1) is 0 Å². The average molecular weight is 306 g/mol. The minimum atomic E-state index is -0.539. The maximum Gasteiger partial charge on any atom is 0.412 e. The zero-order valence-corrected chi connectivity index (χ0v) is 13.9. The van der Waals surface area contributed by atoms with Gasteiger partial charge >= 0.3 is 6.09 Å². The topological polar surface area (TPSA) is 73.6 Å². The molecule has 0 saturated heterocycles. The van der Waals surface area contributed by atoms with E-state index in [9.17, 15) is 4.79 Å². The number of rotatable bonds is 3. The van der Waals surface area contributed by atoms with Crippen molar-refractivity contribution in [2.75, 3.05) is 12.4 Å². The Morgan fingerprint density at radius 1 is 1.27 bits per heavy atom. The molecule has 1 aromatic rings. The third-order valence-corrected chi connectivity index (χ3v) is 3.91. The Bertz CT molecular complexity index is 543. The summed E-state index contributed by atoms with van der Waals surface area (Å²) >= 11 is 0. The molecule has 0 radical (unpaired) electrons. The van der Waals surface area contributed by atoms with Crippen molar-refractivity contribution in [3.63, 3.8) is 0 Å². The predicted molar refractivity (Wildman–Crippen MR) is 87.2 cm³/mol. The molecule has 0 spiro atoms. The number of nitrogens with two attached hydrogens (primary N) is 1. The van der Waals surface area contributed by atoms with Gasteiger partial charge in [-0.15, -0.1) is 0 Å². The molecule has 1 amide bonds. The molecule has 0 aliphatic heterocycles. The lowest BCUT2D eigenvalue weighted by Gasteiger charge is -2.25. The lowest BCUT2D eigenvalue weighted by molar-refractivity contribution is 0.0635. The summed E-state index contributed by atoms with van der Waals surface area (Å²) in [7, 11) is 1.58. The van der Waals surface area contributed by atoms with Crippen LogP contribution < -0.4 is 15.8 Å². The van der Waals surface area contributed by atoms with Gasteiger partial charge in [0.1, 0.15) is 11.4 Å². The number of amides is 1. The molecule has 122 valence electrons. The Hall–Kier alpha value is -1.75. The lowest BCUT2D eigenvalue weighted by atomic mass is 9.89. The van der Waals surface area contributed by atoms with Gasteiger partial charge < -0.3 is 15.2 Å². The zero-order chi connectivity index (χ0) is 16.4. The van der Waals surface area contributed by atoms with Crippen molar-refractivity contribution in [2.45, 2.75) is 57.6 Å². The van der Waals surface area contributed by atoms with Gasteiger partial charge in [0.2, 0.25) is 0 Å². The van der Waals surface area contributed by atoms with Crippen LogP contribution in [0.1, 0.15) is 52.0 Å². The van der Waals surface area contributed by atoms with Crippen molar-refractivity contribution in [1.29, 1.82) is 0 Å². The minimum Gasteiger partial charge on any atom is -0.495 e. The standard InChI is InChI=1S/C17H26N2O3/c1-16(2,3)22-15(20)19-13-8-7-12(11-14(13)21-4)17(18)9-5-6-10-17/h7-8,11H,5-6,9-10,18H2,1-4H3,(H,19,20). The van der Waals surface area contributed by atoms with Gasteiger partial charge in [0.05, 0.1) is 12.8 Å². The average Bonchev–Trinajstić information content (AvgIpc) is 2.85. The normalized spacial score (nSPS) is 17.1. The summed E-state index contributed by atoms with van der Waals surface area (Å²) in [5.74, 6) is 0.597. The number of hydrogen-bond donors (Lipinski definition) is 2. The van der Waals surface area contributed by atoms with E-state index in [2.05, 4.69) is 5.32 Å². The van der Waals surface area contributed by atoms with Gasteiger partial charge in [-0.25, -0.2) is 4.79 Å². The zero-order valence-electron chi connectivity index (χ0n) is 13.9. The number of carbonyl (C=O) groups is 1. The summed E-state index contributed by atoms with van der Waals surface area (Å²) in [5, 5.41) is 2.72. The summed E-state index contributed by atoms with van der Waals surface area (Å²) in [4.78, 5) is 11.9. The van der Waals surface area contributed by atoms with E-state index in [1.165, 1.54) is 0 Å². The van der Waals surface area contributed by atoms with Gasteiger partial charge in [-0.05, 0) is 51.3 Å². The first-order valence-corrected chi connectivity index (χ1v) is 7.71. The highest BCUT2D eigenvalue weighted by Gasteiger charge is 2.32. The number of carbonyl (C=O) groups excluding carboxylic acids is 1. The largest absolute Gasteiger partial charge is 0.495 e. The molecule has 0 unspecified atom stereocenters. The predicted octanol–water partition coefficient (Wildman–Crippen LogP) is 3.77. The molecular formula is C17H26N2O3. The molecular weight excluding hydrogens is 280 g/mol. The van der Waals surface area contributed by atoms with Crippen LogP contribution >= 0.6 is 0 Å². The fourth-order valence-corrected chi connectivity index (χ4v) is 2.81. The summed E-state index contributed by atoms with van der Waals surface area (Å²) < 4.78 is 10.7. The number of benzene rings is 1. The van der Waals surface area contributed by atoms with E-state index in [-0.39, 0.29) is 5.54 Å². The Labute approximate surface area is 132 Å². The van der Waals surface area contributed by atoms with Gasteiger partial charge in [-0.2, -0.15) is 0 Å². The van der Waals surface area contributed by atoms with Crippen molar-refractivity contribution < 1.29 is 14.3 Å². The first-order valence-electron chi connectivity index (χ1n) is 7.71. The Kier molecular flexibility index (Phi) is 4.66. The molecule has 5 nitrogen and oxygen atoms in total. The van der Waals surface area contributed by atoms with Crippen LogP contribution in [0.25, 0.3) is 0 Å². The van der Waals surface area contributed by atoms with Gasteiger partial charge in [-0.1, -0.05) is 18.9 Å². The fourth-order valence-electron chi connectivity index (χ4n) is 2.81. The molecule has 1 aliphatic rings. The van der Waals surface area contributed by atoms with Crippen molar-refractivity contribution in [1.82, 2.24) is 0 Å². The molecule has 3 N–H and O–H groups in total. The van der Waals surface area contributed by atoms with Crippen LogP contribution in [0.2, 0.25) is 0 Å². The molecule has 5 heteroatoms. The van der Waals surface area contributed by atoms with Crippen molar-refractivity contribution in [3.05, 3.63) is 23.8 Å². The molecule has 0 aromatic heterocycles. The first-order chi connectivity index (χ1) is 10.2. The van der Waals surface area contributed by atoms with Crippen molar-refractivity contribution >= 4 is 11.8 Å². The maximum absolute atomic E-state index is 11.9. The van der Waals surface area contributed by atoms with Crippen LogP contribution in [0.3, 0.4) is 0 Å². The molecule has 1 saturated carbocycles.